The molecule has 0 aromatic carbocycles. The summed E-state index contributed by atoms with van der Waals surface area (Å²) in [4.78, 5) is 23.0. The van der Waals surface area contributed by atoms with Crippen LogP contribution in [0, 0.1) is 5.92 Å². The fraction of sp³-hybridized carbons (Fsp3) is 0.538. The number of nitrogens with one attached hydrogen (secondary N) is 1. The Morgan fingerprint density at radius 3 is 2.50 bits per heavy atom. The maximum atomic E-state index is 12.1. The van der Waals surface area contributed by atoms with E-state index < -0.39 is 11.5 Å². The van der Waals surface area contributed by atoms with Gasteiger partial charge in [0.2, 0.25) is 0 Å². The van der Waals surface area contributed by atoms with E-state index in [1.165, 1.54) is 0 Å². The van der Waals surface area contributed by atoms with E-state index in [9.17, 15) is 9.59 Å². The first-order chi connectivity index (χ1) is 8.26. The molecule has 18 heavy (non-hydrogen) atoms. The lowest BCUT2D eigenvalue weighted by molar-refractivity contribution is -0.138. The molecule has 0 radical (unpaired) electrons. The van der Waals surface area contributed by atoms with Gasteiger partial charge in [-0.05, 0) is 25.0 Å². The summed E-state index contributed by atoms with van der Waals surface area (Å²) in [6, 6.07) is 3.48. The molecule has 1 heterocycles. The number of hydrogen-bond acceptors (Lipinski definition) is 2. The summed E-state index contributed by atoms with van der Waals surface area (Å²) in [6.45, 7) is 5.55. The standard InChI is InChI=1S/C13H20N2O3/c1-9(2)13(3,8-11(16)17)14-12(18)10-6-5-7-15(10)4/h5-7,9H,8H2,1-4H3,(H,14,18)(H,16,17). The highest BCUT2D eigenvalue weighted by Gasteiger charge is 2.33. The van der Waals surface area contributed by atoms with Crippen LogP contribution >= 0.6 is 0 Å². The largest absolute Gasteiger partial charge is 0.481 e. The first kappa shape index (κ1) is 14.3. The molecule has 0 saturated heterocycles. The van der Waals surface area contributed by atoms with E-state index in [0.29, 0.717) is 5.69 Å². The lowest BCUT2D eigenvalue weighted by atomic mass is 9.85. The average Bonchev–Trinajstić information content (AvgIpc) is 2.62. The van der Waals surface area contributed by atoms with Crippen LogP contribution in [-0.2, 0) is 11.8 Å². The fourth-order valence-corrected chi connectivity index (χ4v) is 1.73. The number of rotatable bonds is 5. The van der Waals surface area contributed by atoms with Crippen molar-refractivity contribution in [3.63, 3.8) is 0 Å². The zero-order chi connectivity index (χ0) is 13.9. The maximum Gasteiger partial charge on any atom is 0.305 e. The lowest BCUT2D eigenvalue weighted by Crippen LogP contribution is -2.51. The van der Waals surface area contributed by atoms with Gasteiger partial charge in [0.25, 0.3) is 5.91 Å². The Labute approximate surface area is 107 Å². The topological polar surface area (TPSA) is 71.3 Å². The number of nitrogens with zero attached hydrogens (tertiary/aromatic N) is 1. The highest BCUT2D eigenvalue weighted by atomic mass is 16.4. The van der Waals surface area contributed by atoms with Crippen molar-refractivity contribution in [2.75, 3.05) is 0 Å². The molecule has 0 bridgehead atoms. The number of aromatic nitrogens is 1. The molecule has 0 spiro atoms. The Morgan fingerprint density at radius 1 is 1.50 bits per heavy atom. The van der Waals surface area contributed by atoms with E-state index in [2.05, 4.69) is 5.32 Å². The lowest BCUT2D eigenvalue weighted by Gasteiger charge is -2.33. The summed E-state index contributed by atoms with van der Waals surface area (Å²) in [5.41, 5.74) is -0.236. The highest BCUT2D eigenvalue weighted by Crippen LogP contribution is 2.21. The third kappa shape index (κ3) is 3.12. The molecule has 0 aliphatic rings. The Balaban J connectivity index is 2.88. The second-order valence-electron chi connectivity index (χ2n) is 5.10. The minimum absolute atomic E-state index is 0.0258. The molecule has 100 valence electrons. The van der Waals surface area contributed by atoms with Gasteiger partial charge in [0.15, 0.2) is 0 Å². The van der Waals surface area contributed by atoms with Crippen molar-refractivity contribution in [1.82, 2.24) is 9.88 Å². The van der Waals surface area contributed by atoms with Gasteiger partial charge in [-0.3, -0.25) is 9.59 Å². The quantitative estimate of drug-likeness (QED) is 0.837. The van der Waals surface area contributed by atoms with Crippen LogP contribution in [0.25, 0.3) is 0 Å². The van der Waals surface area contributed by atoms with Gasteiger partial charge < -0.3 is 15.0 Å². The number of carbonyl (C=O) groups excluding carboxylic acids is 1. The monoisotopic (exact) mass is 252 g/mol. The van der Waals surface area contributed by atoms with Crippen LogP contribution < -0.4 is 5.32 Å². The van der Waals surface area contributed by atoms with Crippen molar-refractivity contribution >= 4 is 11.9 Å². The molecule has 5 heteroatoms. The van der Waals surface area contributed by atoms with Crippen molar-refractivity contribution in [2.45, 2.75) is 32.7 Å². The van der Waals surface area contributed by atoms with Crippen molar-refractivity contribution < 1.29 is 14.7 Å². The normalized spacial score (nSPS) is 14.3. The Kier molecular flexibility index (Phi) is 4.16. The van der Waals surface area contributed by atoms with E-state index in [1.807, 2.05) is 13.8 Å². The number of hydrogen-bond donors (Lipinski definition) is 2. The van der Waals surface area contributed by atoms with Gasteiger partial charge in [-0.15, -0.1) is 0 Å². The summed E-state index contributed by atoms with van der Waals surface area (Å²) in [5, 5.41) is 11.8. The summed E-state index contributed by atoms with van der Waals surface area (Å²) in [5.74, 6) is -1.14. The average molecular weight is 252 g/mol. The molecule has 1 rings (SSSR count). The van der Waals surface area contributed by atoms with Crippen LogP contribution in [0.1, 0.15) is 37.7 Å². The van der Waals surface area contributed by atoms with Crippen LogP contribution in [0.5, 0.6) is 0 Å². The van der Waals surface area contributed by atoms with Gasteiger partial charge in [-0.1, -0.05) is 13.8 Å². The first-order valence-corrected chi connectivity index (χ1v) is 5.92. The van der Waals surface area contributed by atoms with Gasteiger partial charge in [-0.25, -0.2) is 0 Å². The highest BCUT2D eigenvalue weighted by molar-refractivity contribution is 5.93. The molecule has 0 aliphatic heterocycles. The van der Waals surface area contributed by atoms with Crippen molar-refractivity contribution in [2.24, 2.45) is 13.0 Å². The zero-order valence-corrected chi connectivity index (χ0v) is 11.2. The van der Waals surface area contributed by atoms with E-state index in [4.69, 9.17) is 5.11 Å². The Hall–Kier alpha value is -1.78. The molecule has 0 saturated carbocycles. The van der Waals surface area contributed by atoms with E-state index in [-0.39, 0.29) is 18.2 Å². The Morgan fingerprint density at radius 2 is 2.11 bits per heavy atom. The molecule has 5 nitrogen and oxygen atoms in total. The summed E-state index contributed by atoms with van der Waals surface area (Å²) in [6.07, 6.45) is 1.68. The second-order valence-corrected chi connectivity index (χ2v) is 5.10. The minimum atomic E-state index is -0.918. The molecule has 0 fully saturated rings. The van der Waals surface area contributed by atoms with E-state index in [1.54, 1.807) is 36.9 Å². The van der Waals surface area contributed by atoms with Crippen molar-refractivity contribution in [1.29, 1.82) is 0 Å². The predicted molar refractivity (Wildman–Crippen MR) is 68.4 cm³/mol. The molecule has 0 aliphatic carbocycles. The fourth-order valence-electron chi connectivity index (χ4n) is 1.73. The third-order valence-electron chi connectivity index (χ3n) is 3.37. The second kappa shape index (κ2) is 5.25. The number of carboxylic acids is 1. The molecule has 1 aromatic rings. The molecular formula is C13H20N2O3. The van der Waals surface area contributed by atoms with Crippen LogP contribution in [0.15, 0.2) is 18.3 Å². The number of aliphatic carboxylic acids is 1. The maximum absolute atomic E-state index is 12.1. The minimum Gasteiger partial charge on any atom is -0.481 e. The van der Waals surface area contributed by atoms with Crippen molar-refractivity contribution in [3.8, 4) is 0 Å². The zero-order valence-electron chi connectivity index (χ0n) is 11.2. The van der Waals surface area contributed by atoms with E-state index in [0.717, 1.165) is 0 Å². The third-order valence-corrected chi connectivity index (χ3v) is 3.37. The van der Waals surface area contributed by atoms with Gasteiger partial charge in [-0.2, -0.15) is 0 Å². The van der Waals surface area contributed by atoms with Gasteiger partial charge in [0, 0.05) is 13.2 Å². The number of aryl methyl sites for hydroxylation is 1. The van der Waals surface area contributed by atoms with Crippen LogP contribution in [0.3, 0.4) is 0 Å². The van der Waals surface area contributed by atoms with Crippen LogP contribution in [0.4, 0.5) is 0 Å². The Bertz CT molecular complexity index is 451. The molecule has 1 unspecified atom stereocenters. The molecular weight excluding hydrogens is 232 g/mol. The molecule has 1 aromatic heterocycles. The smallest absolute Gasteiger partial charge is 0.305 e. The SMILES string of the molecule is CC(C)C(C)(CC(=O)O)NC(=O)c1cccn1C. The number of carboxylic acid groups (broad SMARTS) is 1. The van der Waals surface area contributed by atoms with Gasteiger partial charge in [0.05, 0.1) is 12.0 Å². The van der Waals surface area contributed by atoms with Gasteiger partial charge in [0.1, 0.15) is 5.69 Å². The predicted octanol–water partition coefficient (Wildman–Crippen LogP) is 1.64. The molecule has 2 N–H and O–H groups in total. The van der Waals surface area contributed by atoms with E-state index >= 15 is 0 Å². The number of carbonyl (C=O) groups is 2. The van der Waals surface area contributed by atoms with Crippen LogP contribution in [-0.4, -0.2) is 27.1 Å². The van der Waals surface area contributed by atoms with Crippen molar-refractivity contribution in [3.05, 3.63) is 24.0 Å². The molecule has 1 amide bonds. The molecule has 1 atom stereocenters. The van der Waals surface area contributed by atoms with Crippen LogP contribution in [0.2, 0.25) is 0 Å². The summed E-state index contributed by atoms with van der Waals surface area (Å²) < 4.78 is 1.71. The first-order valence-electron chi connectivity index (χ1n) is 5.92. The summed E-state index contributed by atoms with van der Waals surface area (Å²) >= 11 is 0. The van der Waals surface area contributed by atoms with Gasteiger partial charge >= 0.3 is 5.97 Å². The summed E-state index contributed by atoms with van der Waals surface area (Å²) in [7, 11) is 1.78. The number of amides is 1.